The van der Waals surface area contributed by atoms with Gasteiger partial charge in [0.25, 0.3) is 0 Å². The lowest BCUT2D eigenvalue weighted by Gasteiger charge is -2.15. The van der Waals surface area contributed by atoms with Crippen LogP contribution in [0.1, 0.15) is 29.7 Å². The van der Waals surface area contributed by atoms with Crippen LogP contribution in [0.5, 0.6) is 5.75 Å². The number of aryl methyl sites for hydroxylation is 1. The van der Waals surface area contributed by atoms with Gasteiger partial charge in [0.1, 0.15) is 11.6 Å². The Morgan fingerprint density at radius 3 is 2.67 bits per heavy atom. The molecule has 1 atom stereocenters. The zero-order valence-electron chi connectivity index (χ0n) is 12.8. The summed E-state index contributed by atoms with van der Waals surface area (Å²) < 4.78 is 19.0. The highest BCUT2D eigenvalue weighted by Crippen LogP contribution is 2.21. The highest BCUT2D eigenvalue weighted by molar-refractivity contribution is 5.30. The van der Waals surface area contributed by atoms with Crippen molar-refractivity contribution >= 4 is 0 Å². The molecule has 1 unspecified atom stereocenters. The third-order valence-corrected chi connectivity index (χ3v) is 3.62. The number of nitrogens with one attached hydrogen (secondary N) is 1. The van der Waals surface area contributed by atoms with E-state index in [0.717, 1.165) is 13.0 Å². The van der Waals surface area contributed by atoms with Crippen molar-refractivity contribution in [1.29, 1.82) is 0 Å². The topological polar surface area (TPSA) is 21.3 Å². The molecule has 0 radical (unpaired) electrons. The molecule has 0 saturated carbocycles. The van der Waals surface area contributed by atoms with Gasteiger partial charge in [0.15, 0.2) is 0 Å². The first kappa shape index (κ1) is 15.5. The van der Waals surface area contributed by atoms with Crippen LogP contribution in [0.2, 0.25) is 0 Å². The van der Waals surface area contributed by atoms with E-state index in [2.05, 4.69) is 36.5 Å². The van der Waals surface area contributed by atoms with E-state index in [-0.39, 0.29) is 11.9 Å². The molecule has 0 fully saturated rings. The molecule has 2 nitrogen and oxygen atoms in total. The number of halogens is 1. The molecule has 3 heteroatoms. The second kappa shape index (κ2) is 7.23. The van der Waals surface area contributed by atoms with E-state index in [0.29, 0.717) is 11.3 Å². The Hall–Kier alpha value is -1.87. The van der Waals surface area contributed by atoms with Crippen LogP contribution in [-0.4, -0.2) is 13.7 Å². The van der Waals surface area contributed by atoms with Gasteiger partial charge in [-0.1, -0.05) is 35.9 Å². The molecule has 0 aliphatic heterocycles. The van der Waals surface area contributed by atoms with E-state index >= 15 is 0 Å². The maximum atomic E-state index is 14.0. The Morgan fingerprint density at radius 1 is 1.19 bits per heavy atom. The minimum absolute atomic E-state index is 0.0271. The molecule has 21 heavy (non-hydrogen) atoms. The molecule has 0 amide bonds. The molecule has 2 rings (SSSR count). The van der Waals surface area contributed by atoms with Gasteiger partial charge in [0.05, 0.1) is 7.11 Å². The lowest BCUT2D eigenvalue weighted by molar-refractivity contribution is 0.409. The minimum Gasteiger partial charge on any atom is -0.497 e. The standard InChI is InChI=1S/C18H22FNO/c1-13-5-4-6-15(11-13)9-10-20-14(2)17-8-7-16(21-3)12-18(17)19/h4-8,11-12,14,20H,9-10H2,1-3H3. The first-order valence-corrected chi connectivity index (χ1v) is 7.22. The van der Waals surface area contributed by atoms with Gasteiger partial charge >= 0.3 is 0 Å². The SMILES string of the molecule is COc1ccc(C(C)NCCc2cccc(C)c2)c(F)c1. The molecular weight excluding hydrogens is 265 g/mol. The summed E-state index contributed by atoms with van der Waals surface area (Å²) in [4.78, 5) is 0. The molecule has 0 heterocycles. The Morgan fingerprint density at radius 2 is 2.00 bits per heavy atom. The summed E-state index contributed by atoms with van der Waals surface area (Å²) in [5, 5.41) is 3.36. The largest absolute Gasteiger partial charge is 0.497 e. The number of benzene rings is 2. The fraction of sp³-hybridized carbons (Fsp3) is 0.333. The van der Waals surface area contributed by atoms with Crippen molar-refractivity contribution < 1.29 is 9.13 Å². The lowest BCUT2D eigenvalue weighted by Crippen LogP contribution is -2.22. The van der Waals surface area contributed by atoms with Gasteiger partial charge in [-0.25, -0.2) is 4.39 Å². The third-order valence-electron chi connectivity index (χ3n) is 3.62. The van der Waals surface area contributed by atoms with E-state index in [4.69, 9.17) is 4.74 Å². The summed E-state index contributed by atoms with van der Waals surface area (Å²) in [7, 11) is 1.54. The van der Waals surface area contributed by atoms with Gasteiger partial charge in [-0.2, -0.15) is 0 Å². The van der Waals surface area contributed by atoms with Crippen molar-refractivity contribution in [3.8, 4) is 5.75 Å². The Kier molecular flexibility index (Phi) is 5.34. The van der Waals surface area contributed by atoms with Gasteiger partial charge < -0.3 is 10.1 Å². The number of rotatable bonds is 6. The van der Waals surface area contributed by atoms with Gasteiger partial charge in [-0.05, 0) is 38.4 Å². The average molecular weight is 287 g/mol. The zero-order valence-corrected chi connectivity index (χ0v) is 12.8. The molecule has 0 saturated heterocycles. The summed E-state index contributed by atoms with van der Waals surface area (Å²) in [5.74, 6) is 0.313. The first-order chi connectivity index (χ1) is 10.1. The molecule has 112 valence electrons. The van der Waals surface area contributed by atoms with E-state index in [1.807, 2.05) is 6.92 Å². The van der Waals surface area contributed by atoms with Crippen molar-refractivity contribution in [3.63, 3.8) is 0 Å². The summed E-state index contributed by atoms with van der Waals surface area (Å²) >= 11 is 0. The van der Waals surface area contributed by atoms with E-state index in [1.54, 1.807) is 12.1 Å². The van der Waals surface area contributed by atoms with Crippen molar-refractivity contribution in [1.82, 2.24) is 5.32 Å². The lowest BCUT2D eigenvalue weighted by atomic mass is 10.1. The van der Waals surface area contributed by atoms with Crippen LogP contribution in [-0.2, 0) is 6.42 Å². The Bertz CT molecular complexity index is 598. The minimum atomic E-state index is -0.232. The van der Waals surface area contributed by atoms with Gasteiger partial charge in [-0.3, -0.25) is 0 Å². The highest BCUT2D eigenvalue weighted by atomic mass is 19.1. The maximum absolute atomic E-state index is 14.0. The van der Waals surface area contributed by atoms with Crippen LogP contribution in [0.15, 0.2) is 42.5 Å². The molecule has 0 bridgehead atoms. The second-order valence-electron chi connectivity index (χ2n) is 5.30. The number of ether oxygens (including phenoxy) is 1. The van der Waals surface area contributed by atoms with Crippen molar-refractivity contribution in [3.05, 3.63) is 65.0 Å². The Balaban J connectivity index is 1.91. The summed E-state index contributed by atoms with van der Waals surface area (Å²) in [5.41, 5.74) is 3.23. The molecule has 1 N–H and O–H groups in total. The molecule has 0 aliphatic rings. The van der Waals surface area contributed by atoms with Gasteiger partial charge in [-0.15, -0.1) is 0 Å². The number of hydrogen-bond donors (Lipinski definition) is 1. The van der Waals surface area contributed by atoms with E-state index < -0.39 is 0 Å². The summed E-state index contributed by atoms with van der Waals surface area (Å²) in [6.45, 7) is 4.88. The fourth-order valence-corrected chi connectivity index (χ4v) is 2.40. The monoisotopic (exact) mass is 287 g/mol. The van der Waals surface area contributed by atoms with Crippen LogP contribution >= 0.6 is 0 Å². The number of methoxy groups -OCH3 is 1. The summed E-state index contributed by atoms with van der Waals surface area (Å²) in [6.07, 6.45) is 0.934. The van der Waals surface area contributed by atoms with Crippen molar-refractivity contribution in [2.45, 2.75) is 26.3 Å². The van der Waals surface area contributed by atoms with Crippen LogP contribution in [0, 0.1) is 12.7 Å². The van der Waals surface area contributed by atoms with Crippen LogP contribution in [0.4, 0.5) is 4.39 Å². The zero-order chi connectivity index (χ0) is 15.2. The van der Waals surface area contributed by atoms with Gasteiger partial charge in [0, 0.05) is 17.7 Å². The normalized spacial score (nSPS) is 12.2. The molecular formula is C18H22FNO. The highest BCUT2D eigenvalue weighted by Gasteiger charge is 2.11. The predicted octanol–water partition coefficient (Wildman–Crippen LogP) is 4.04. The van der Waals surface area contributed by atoms with Crippen LogP contribution in [0.3, 0.4) is 0 Å². The average Bonchev–Trinajstić information content (AvgIpc) is 2.47. The molecule has 0 spiro atoms. The summed E-state index contributed by atoms with van der Waals surface area (Å²) in [6, 6.07) is 13.4. The third kappa shape index (κ3) is 4.30. The second-order valence-corrected chi connectivity index (χ2v) is 5.30. The van der Waals surface area contributed by atoms with E-state index in [1.165, 1.54) is 24.3 Å². The maximum Gasteiger partial charge on any atom is 0.131 e. The Labute approximate surface area is 126 Å². The molecule has 2 aromatic carbocycles. The molecule has 0 aliphatic carbocycles. The smallest absolute Gasteiger partial charge is 0.131 e. The molecule has 0 aromatic heterocycles. The van der Waals surface area contributed by atoms with Gasteiger partial charge in [0.2, 0.25) is 0 Å². The van der Waals surface area contributed by atoms with Crippen LogP contribution in [0.25, 0.3) is 0 Å². The molecule has 2 aromatic rings. The predicted molar refractivity (Wildman–Crippen MR) is 84.3 cm³/mol. The van der Waals surface area contributed by atoms with Crippen molar-refractivity contribution in [2.24, 2.45) is 0 Å². The quantitative estimate of drug-likeness (QED) is 0.866. The van der Waals surface area contributed by atoms with E-state index in [9.17, 15) is 4.39 Å². The van der Waals surface area contributed by atoms with Crippen molar-refractivity contribution in [2.75, 3.05) is 13.7 Å². The first-order valence-electron chi connectivity index (χ1n) is 7.22. The fourth-order valence-electron chi connectivity index (χ4n) is 2.40. The van der Waals surface area contributed by atoms with Crippen LogP contribution < -0.4 is 10.1 Å². The number of hydrogen-bond acceptors (Lipinski definition) is 2.